The van der Waals surface area contributed by atoms with Crippen LogP contribution in [0.25, 0.3) is 0 Å². The third-order valence-electron chi connectivity index (χ3n) is 2.84. The summed E-state index contributed by atoms with van der Waals surface area (Å²) in [5, 5.41) is 9.07. The summed E-state index contributed by atoms with van der Waals surface area (Å²) >= 11 is 0. The van der Waals surface area contributed by atoms with Gasteiger partial charge in [-0.1, -0.05) is 0 Å². The molecule has 2 heterocycles. The Kier molecular flexibility index (Phi) is 2.87. The molecule has 1 unspecified atom stereocenters. The van der Waals surface area contributed by atoms with E-state index in [2.05, 4.69) is 0 Å². The maximum atomic E-state index is 10.4. The monoisotopic (exact) mass is 305 g/mol. The quantitative estimate of drug-likeness (QED) is 0.817. The van der Waals surface area contributed by atoms with Crippen LogP contribution < -0.4 is 18.9 Å². The van der Waals surface area contributed by atoms with Gasteiger partial charge in [0.1, 0.15) is 16.1 Å². The Morgan fingerprint density at radius 3 is 2.68 bits per heavy atom. The summed E-state index contributed by atoms with van der Waals surface area (Å²) in [6, 6.07) is 8.97. The summed E-state index contributed by atoms with van der Waals surface area (Å²) in [5.74, 6) is 1.58. The van der Waals surface area contributed by atoms with Gasteiger partial charge in [0.15, 0.2) is 23.0 Å². The molecule has 4 rings (SSSR count). The van der Waals surface area contributed by atoms with Gasteiger partial charge < -0.3 is 24.1 Å². The van der Waals surface area contributed by atoms with E-state index in [0.29, 0.717) is 29.1 Å². The van der Waals surface area contributed by atoms with Gasteiger partial charge in [-0.3, -0.25) is 4.79 Å². The van der Waals surface area contributed by atoms with E-state index in [1.807, 2.05) is 0 Å². The number of aldehydes is 1. The molecule has 0 aromatic heterocycles. The summed E-state index contributed by atoms with van der Waals surface area (Å²) in [7, 11) is 0. The van der Waals surface area contributed by atoms with E-state index >= 15 is 0 Å². The lowest BCUT2D eigenvalue weighted by atomic mass is 10.2. The van der Waals surface area contributed by atoms with Gasteiger partial charge >= 0.3 is 0 Å². The normalized spacial score (nSPS) is 24.3. The van der Waals surface area contributed by atoms with Crippen molar-refractivity contribution in [3.05, 3.63) is 42.0 Å². The number of hydrogen-bond acceptors (Lipinski definition) is 6. The van der Waals surface area contributed by atoms with Crippen LogP contribution in [0.1, 0.15) is 21.4 Å². The van der Waals surface area contributed by atoms with Crippen LogP contribution in [0.15, 0.2) is 36.4 Å². The standard InChI is InChI=1S/C8H8O3.C8H6O3/c1-5-10-7-3-2-6(9)4-8(7)11-5;9-4-6-1-2-7-8(3-6)11-5-10-7/h2-5,9H,1H3;1-4H,5H2/i5D;5D2. The van der Waals surface area contributed by atoms with Crippen molar-refractivity contribution in [2.45, 2.75) is 13.2 Å². The van der Waals surface area contributed by atoms with Gasteiger partial charge in [-0.15, -0.1) is 0 Å². The number of aromatic hydroxyl groups is 1. The van der Waals surface area contributed by atoms with Crippen molar-refractivity contribution >= 4 is 6.29 Å². The second-order valence-corrected chi connectivity index (χ2v) is 4.44. The molecule has 2 aromatic rings. The lowest BCUT2D eigenvalue weighted by Crippen LogP contribution is -2.11. The maximum Gasteiger partial charge on any atom is 0.238 e. The van der Waals surface area contributed by atoms with E-state index < -0.39 is 13.0 Å². The van der Waals surface area contributed by atoms with Crippen LogP contribution in [0.3, 0.4) is 0 Å². The van der Waals surface area contributed by atoms with Crippen LogP contribution in [0.4, 0.5) is 0 Å². The molecule has 22 heavy (non-hydrogen) atoms. The van der Waals surface area contributed by atoms with Crippen molar-refractivity contribution in [2.75, 3.05) is 6.75 Å². The zero-order valence-electron chi connectivity index (χ0n) is 14.5. The number of fused-ring (bicyclic) bond motifs is 2. The Morgan fingerprint density at radius 2 is 1.86 bits per heavy atom. The van der Waals surface area contributed by atoms with Gasteiger partial charge in [0.25, 0.3) is 0 Å². The van der Waals surface area contributed by atoms with Crippen molar-refractivity contribution in [1.82, 2.24) is 0 Å². The average molecular weight is 305 g/mol. The van der Waals surface area contributed by atoms with Crippen LogP contribution in [0.2, 0.25) is 0 Å². The molecule has 2 aromatic carbocycles. The van der Waals surface area contributed by atoms with E-state index in [4.69, 9.17) is 28.2 Å². The first kappa shape index (κ1) is 10.8. The number of benzene rings is 2. The fourth-order valence-electron chi connectivity index (χ4n) is 1.86. The van der Waals surface area contributed by atoms with Crippen LogP contribution in [-0.2, 0) is 0 Å². The lowest BCUT2D eigenvalue weighted by Gasteiger charge is -1.99. The summed E-state index contributed by atoms with van der Waals surface area (Å²) in [6.07, 6.45) is -0.701. The minimum absolute atomic E-state index is 0.107. The SMILES string of the molecule is [2H]C1(C)Oc2ccc(O)cc2O1.[2H]C1([2H])Oc2ccc(C=O)cc2O1. The zero-order chi connectivity index (χ0) is 18.2. The van der Waals surface area contributed by atoms with E-state index in [1.54, 1.807) is 6.07 Å². The summed E-state index contributed by atoms with van der Waals surface area (Å²) in [6.45, 7) is -0.631. The number of carbonyl (C=O) groups excluding carboxylic acids is 1. The molecule has 1 atom stereocenters. The number of phenolic OH excluding ortho intramolecular Hbond substituents is 1. The molecule has 0 bridgehead atoms. The van der Waals surface area contributed by atoms with Crippen molar-refractivity contribution < 1.29 is 33.0 Å². The van der Waals surface area contributed by atoms with Gasteiger partial charge in [-0.25, -0.2) is 0 Å². The Morgan fingerprint density at radius 1 is 1.14 bits per heavy atom. The van der Waals surface area contributed by atoms with Crippen molar-refractivity contribution in [1.29, 1.82) is 0 Å². The molecule has 0 fully saturated rings. The third-order valence-corrected chi connectivity index (χ3v) is 2.84. The van der Waals surface area contributed by atoms with E-state index in [9.17, 15) is 4.79 Å². The molecule has 6 heteroatoms. The van der Waals surface area contributed by atoms with Crippen molar-refractivity contribution in [2.24, 2.45) is 0 Å². The molecule has 114 valence electrons. The van der Waals surface area contributed by atoms with E-state index in [1.165, 1.54) is 37.3 Å². The lowest BCUT2D eigenvalue weighted by molar-refractivity contribution is 0.0678. The molecule has 0 saturated carbocycles. The van der Waals surface area contributed by atoms with E-state index in [-0.39, 0.29) is 11.5 Å². The molecular formula is C16H14O6. The van der Waals surface area contributed by atoms with Gasteiger partial charge in [0.05, 0.1) is 0 Å². The molecule has 2 aliphatic heterocycles. The van der Waals surface area contributed by atoms with Crippen LogP contribution in [0, 0.1) is 0 Å². The summed E-state index contributed by atoms with van der Waals surface area (Å²) < 4.78 is 41.4. The van der Waals surface area contributed by atoms with Crippen LogP contribution in [-0.4, -0.2) is 24.4 Å². The second-order valence-electron chi connectivity index (χ2n) is 4.44. The Balaban J connectivity index is 0.000000146. The van der Waals surface area contributed by atoms with Gasteiger partial charge in [0.2, 0.25) is 13.0 Å². The Hall–Kier alpha value is -2.89. The summed E-state index contributed by atoms with van der Waals surface area (Å²) in [4.78, 5) is 10.4. The Bertz CT molecular complexity index is 822. The highest BCUT2D eigenvalue weighted by atomic mass is 16.7. The van der Waals surface area contributed by atoms with E-state index in [0.717, 1.165) is 0 Å². The number of rotatable bonds is 1. The predicted octanol–water partition coefficient (Wildman–Crippen LogP) is 2.74. The fourth-order valence-corrected chi connectivity index (χ4v) is 1.86. The molecule has 0 radical (unpaired) electrons. The maximum absolute atomic E-state index is 10.4. The van der Waals surface area contributed by atoms with Crippen LogP contribution in [0.5, 0.6) is 28.7 Å². The average Bonchev–Trinajstić information content (AvgIpc) is 2.99. The predicted molar refractivity (Wildman–Crippen MR) is 76.8 cm³/mol. The zero-order valence-corrected chi connectivity index (χ0v) is 11.5. The van der Waals surface area contributed by atoms with Crippen LogP contribution >= 0.6 is 0 Å². The number of carbonyl (C=O) groups is 1. The minimum atomic E-state index is -2.12. The molecule has 2 aliphatic rings. The highest BCUT2D eigenvalue weighted by molar-refractivity contribution is 5.76. The first-order valence-electron chi connectivity index (χ1n) is 7.86. The molecule has 0 spiro atoms. The molecule has 0 aliphatic carbocycles. The number of hydrogen-bond donors (Lipinski definition) is 1. The molecule has 0 saturated heterocycles. The largest absolute Gasteiger partial charge is 0.508 e. The smallest absolute Gasteiger partial charge is 0.238 e. The molecular weight excluding hydrogens is 288 g/mol. The van der Waals surface area contributed by atoms with Gasteiger partial charge in [0, 0.05) is 18.6 Å². The molecule has 1 N–H and O–H groups in total. The van der Waals surface area contributed by atoms with Gasteiger partial charge in [-0.05, 0) is 30.3 Å². The Labute approximate surface area is 131 Å². The molecule has 6 nitrogen and oxygen atoms in total. The fraction of sp³-hybridized carbons (Fsp3) is 0.188. The number of ether oxygens (including phenoxy) is 4. The first-order valence-corrected chi connectivity index (χ1v) is 6.36. The minimum Gasteiger partial charge on any atom is -0.508 e. The highest BCUT2D eigenvalue weighted by Crippen LogP contribution is 2.36. The first-order chi connectivity index (χ1) is 11.7. The van der Waals surface area contributed by atoms with Gasteiger partial charge in [-0.2, -0.15) is 0 Å². The topological polar surface area (TPSA) is 74.2 Å². The second kappa shape index (κ2) is 5.85. The van der Waals surface area contributed by atoms with Crippen molar-refractivity contribution in [3.63, 3.8) is 0 Å². The third kappa shape index (κ3) is 2.90. The summed E-state index contributed by atoms with van der Waals surface area (Å²) in [5.41, 5.74) is 0.431. The number of phenols is 1. The highest BCUT2D eigenvalue weighted by Gasteiger charge is 2.19. The van der Waals surface area contributed by atoms with Crippen molar-refractivity contribution in [3.8, 4) is 28.7 Å². The molecule has 0 amide bonds.